The second kappa shape index (κ2) is 6.97. The van der Waals surface area contributed by atoms with Crippen LogP contribution in [-0.2, 0) is 9.63 Å². The first kappa shape index (κ1) is 16.8. The van der Waals surface area contributed by atoms with Crippen molar-refractivity contribution in [1.29, 1.82) is 0 Å². The van der Waals surface area contributed by atoms with Crippen LogP contribution in [0, 0.1) is 10.3 Å². The molecule has 1 rings (SSSR count). The van der Waals surface area contributed by atoms with Crippen molar-refractivity contribution in [3.63, 3.8) is 0 Å². The summed E-state index contributed by atoms with van der Waals surface area (Å²) in [6.07, 6.45) is 0. The van der Waals surface area contributed by atoms with E-state index in [1.54, 1.807) is 31.2 Å². The molecule has 0 spiro atoms. The quantitative estimate of drug-likeness (QED) is 0.514. The fourth-order valence-corrected chi connectivity index (χ4v) is 1.56. The molecule has 21 heavy (non-hydrogen) atoms. The summed E-state index contributed by atoms with van der Waals surface area (Å²) in [5, 5.41) is 9.61. The highest BCUT2D eigenvalue weighted by molar-refractivity contribution is 6.04. The number of carbonyl (C=O) groups is 1. The first-order valence-electron chi connectivity index (χ1n) is 6.65. The average Bonchev–Trinajstić information content (AvgIpc) is 2.44. The summed E-state index contributed by atoms with van der Waals surface area (Å²) in [5.74, 6) is -0.0658. The Hall–Kier alpha value is -2.24. The molecule has 0 heterocycles. The van der Waals surface area contributed by atoms with Gasteiger partial charge in [-0.05, 0) is 19.1 Å². The first-order valence-corrected chi connectivity index (χ1v) is 6.65. The van der Waals surface area contributed by atoms with E-state index in [9.17, 15) is 9.70 Å². The Morgan fingerprint density at radius 3 is 2.24 bits per heavy atom. The molecule has 6 heteroatoms. The van der Waals surface area contributed by atoms with Crippen LogP contribution in [0.15, 0.2) is 34.6 Å². The van der Waals surface area contributed by atoms with E-state index in [0.29, 0.717) is 11.4 Å². The van der Waals surface area contributed by atoms with Crippen LogP contribution in [0.4, 0.5) is 5.69 Å². The second-order valence-electron chi connectivity index (χ2n) is 5.72. The predicted molar refractivity (Wildman–Crippen MR) is 83.3 cm³/mol. The summed E-state index contributed by atoms with van der Waals surface area (Å²) in [5.41, 5.74) is 1.39. The Labute approximate surface area is 124 Å². The molecule has 1 unspecified atom stereocenters. The van der Waals surface area contributed by atoms with E-state index >= 15 is 0 Å². The van der Waals surface area contributed by atoms with E-state index < -0.39 is 11.5 Å². The molecule has 0 radical (unpaired) electrons. The molecule has 0 saturated carbocycles. The normalized spacial score (nSPS) is 13.5. The minimum Gasteiger partial charge on any atom is -0.399 e. The summed E-state index contributed by atoms with van der Waals surface area (Å²) >= 11 is 0. The van der Waals surface area contributed by atoms with E-state index in [4.69, 9.17) is 4.84 Å². The monoisotopic (exact) mass is 291 g/mol. The fourth-order valence-electron chi connectivity index (χ4n) is 1.56. The fraction of sp³-hybridized carbons (Fsp3) is 0.467. The van der Waals surface area contributed by atoms with Gasteiger partial charge in [-0.25, -0.2) is 0 Å². The third-order valence-corrected chi connectivity index (χ3v) is 2.86. The Kier molecular flexibility index (Phi) is 5.58. The molecule has 0 bridgehead atoms. The number of hydrogen-bond acceptors (Lipinski definition) is 5. The lowest BCUT2D eigenvalue weighted by Crippen LogP contribution is -2.27. The number of nitrogens with one attached hydrogen (secondary N) is 1. The van der Waals surface area contributed by atoms with E-state index in [-0.39, 0.29) is 5.91 Å². The van der Waals surface area contributed by atoms with Crippen LogP contribution in [0.25, 0.3) is 0 Å². The topological polar surface area (TPSA) is 80.1 Å². The molecule has 1 atom stereocenters. The first-order chi connectivity index (χ1) is 9.79. The Bertz CT molecular complexity index is 530. The van der Waals surface area contributed by atoms with Crippen LogP contribution in [0.3, 0.4) is 0 Å². The maximum absolute atomic E-state index is 11.9. The van der Waals surface area contributed by atoms with Gasteiger partial charge in [0.25, 0.3) is 0 Å². The van der Waals surface area contributed by atoms with Crippen LogP contribution in [0.5, 0.6) is 0 Å². The summed E-state index contributed by atoms with van der Waals surface area (Å²) in [4.78, 5) is 27.3. The molecule has 1 amide bonds. The molecule has 0 fully saturated rings. The van der Waals surface area contributed by atoms with Gasteiger partial charge in [0.2, 0.25) is 5.91 Å². The molecule has 1 aromatic rings. The number of oxime groups is 1. The van der Waals surface area contributed by atoms with Gasteiger partial charge in [0.1, 0.15) is 18.9 Å². The molecule has 0 aromatic heterocycles. The highest BCUT2D eigenvalue weighted by Crippen LogP contribution is 2.18. The molecule has 1 N–H and O–H groups in total. The molecule has 0 saturated heterocycles. The zero-order valence-electron chi connectivity index (χ0n) is 13.0. The van der Waals surface area contributed by atoms with Gasteiger partial charge in [0.15, 0.2) is 0 Å². The summed E-state index contributed by atoms with van der Waals surface area (Å²) in [6.45, 7) is 7.17. The van der Waals surface area contributed by atoms with E-state index in [0.717, 1.165) is 5.56 Å². The molecular weight excluding hydrogens is 270 g/mol. The molecule has 1 aromatic carbocycles. The number of rotatable bonds is 5. The molecule has 0 aliphatic carbocycles. The van der Waals surface area contributed by atoms with Crippen molar-refractivity contribution in [2.45, 2.75) is 33.7 Å². The highest BCUT2D eigenvalue weighted by Gasteiger charge is 2.21. The highest BCUT2D eigenvalue weighted by atomic mass is 16.6. The number of nitrogens with zero attached hydrogens (tertiary/aromatic N) is 2. The van der Waals surface area contributed by atoms with Gasteiger partial charge in [0, 0.05) is 16.7 Å². The summed E-state index contributed by atoms with van der Waals surface area (Å²) in [7, 11) is 1.41. The number of hydrogen-bond donors (Lipinski definition) is 1. The summed E-state index contributed by atoms with van der Waals surface area (Å²) < 4.78 is 0. The lowest BCUT2D eigenvalue weighted by atomic mass is 9.95. The maximum atomic E-state index is 11.9. The second-order valence-corrected chi connectivity index (χ2v) is 5.72. The Morgan fingerprint density at radius 2 is 1.81 bits per heavy atom. The third kappa shape index (κ3) is 4.66. The van der Waals surface area contributed by atoms with Crippen molar-refractivity contribution >= 4 is 17.3 Å². The third-order valence-electron chi connectivity index (χ3n) is 2.86. The van der Waals surface area contributed by atoms with Crippen molar-refractivity contribution in [3.05, 3.63) is 34.7 Å². The van der Waals surface area contributed by atoms with Crippen molar-refractivity contribution in [2.24, 2.45) is 15.7 Å². The van der Waals surface area contributed by atoms with Crippen molar-refractivity contribution in [1.82, 2.24) is 0 Å². The van der Waals surface area contributed by atoms with E-state index in [1.807, 2.05) is 20.8 Å². The van der Waals surface area contributed by atoms with Gasteiger partial charge >= 0.3 is 0 Å². The van der Waals surface area contributed by atoms with Gasteiger partial charge < -0.3 is 10.2 Å². The van der Waals surface area contributed by atoms with E-state index in [2.05, 4.69) is 15.6 Å². The molecule has 0 aliphatic heterocycles. The van der Waals surface area contributed by atoms with Crippen LogP contribution < -0.4 is 5.32 Å². The predicted octanol–water partition coefficient (Wildman–Crippen LogP) is 3.18. The summed E-state index contributed by atoms with van der Waals surface area (Å²) in [6, 6.07) is 6.42. The molecule has 6 nitrogen and oxygen atoms in total. The largest absolute Gasteiger partial charge is 0.399 e. The smallest absolute Gasteiger partial charge is 0.229 e. The van der Waals surface area contributed by atoms with Gasteiger partial charge in [-0.15, -0.1) is 0 Å². The van der Waals surface area contributed by atoms with Crippen molar-refractivity contribution < 1.29 is 9.63 Å². The molecular formula is C15H21N3O3. The molecule has 0 aliphatic rings. The lowest BCUT2D eigenvalue weighted by Gasteiger charge is -2.17. The van der Waals surface area contributed by atoms with Crippen LogP contribution >= 0.6 is 0 Å². The van der Waals surface area contributed by atoms with Crippen molar-refractivity contribution in [3.8, 4) is 0 Å². The lowest BCUT2D eigenvalue weighted by molar-refractivity contribution is -0.123. The minimum atomic E-state index is -0.611. The minimum absolute atomic E-state index is 0.0658. The number of nitroso groups, excluding NO2 is 1. The Balaban J connectivity index is 2.94. The SMILES string of the molecule is CON=C(c1ccc(NC(=O)C(C)(C)C)cc1)C(C)N=O. The molecule has 114 valence electrons. The van der Waals surface area contributed by atoms with E-state index in [1.165, 1.54) is 7.11 Å². The zero-order valence-corrected chi connectivity index (χ0v) is 13.0. The number of carbonyl (C=O) groups excluding carboxylic acids is 1. The van der Waals surface area contributed by atoms with Crippen molar-refractivity contribution in [2.75, 3.05) is 12.4 Å². The van der Waals surface area contributed by atoms with Gasteiger partial charge in [0.05, 0.1) is 0 Å². The van der Waals surface area contributed by atoms with Crippen LogP contribution in [0.2, 0.25) is 0 Å². The number of anilines is 1. The Morgan fingerprint density at radius 1 is 1.24 bits per heavy atom. The van der Waals surface area contributed by atoms with Gasteiger partial charge in [-0.2, -0.15) is 4.91 Å². The average molecular weight is 291 g/mol. The van der Waals surface area contributed by atoms with Crippen LogP contribution in [-0.4, -0.2) is 24.8 Å². The zero-order chi connectivity index (χ0) is 16.0. The standard InChI is InChI=1S/C15H21N3O3/c1-10(17-20)13(18-21-5)11-6-8-12(9-7-11)16-14(19)15(2,3)4/h6-10H,1-5H3,(H,16,19). The maximum Gasteiger partial charge on any atom is 0.229 e. The van der Waals surface area contributed by atoms with Gasteiger partial charge in [-0.3, -0.25) is 4.79 Å². The van der Waals surface area contributed by atoms with Crippen LogP contribution in [0.1, 0.15) is 33.3 Å². The van der Waals surface area contributed by atoms with Gasteiger partial charge in [-0.1, -0.05) is 43.2 Å². The number of amides is 1. The number of benzene rings is 1.